The Morgan fingerprint density at radius 3 is 2.39 bits per heavy atom. The zero-order chi connectivity index (χ0) is 16.9. The Labute approximate surface area is 135 Å². The van der Waals surface area contributed by atoms with Gasteiger partial charge in [-0.3, -0.25) is 0 Å². The molecule has 0 heterocycles. The molecule has 0 saturated heterocycles. The van der Waals surface area contributed by atoms with Crippen LogP contribution in [0.15, 0.2) is 48.5 Å². The summed E-state index contributed by atoms with van der Waals surface area (Å²) in [5.41, 5.74) is 0.437. The number of ether oxygens (including phenoxy) is 1. The van der Waals surface area contributed by atoms with Gasteiger partial charge in [-0.2, -0.15) is 8.78 Å². The smallest absolute Gasteiger partial charge is 0.427 e. The summed E-state index contributed by atoms with van der Waals surface area (Å²) in [6, 6.07) is 11.1. The molecule has 0 aliphatic carbocycles. The van der Waals surface area contributed by atoms with Gasteiger partial charge < -0.3 is 15.4 Å². The van der Waals surface area contributed by atoms with Gasteiger partial charge in [-0.25, -0.2) is 9.18 Å². The molecule has 2 N–H and O–H groups in total. The summed E-state index contributed by atoms with van der Waals surface area (Å²) in [5.74, 6) is -0.346. The quantitative estimate of drug-likeness (QED) is 0.808. The molecule has 2 rings (SSSR count). The van der Waals surface area contributed by atoms with Crippen LogP contribution in [0.2, 0.25) is 5.02 Å². The number of para-hydroxylation sites is 2. The number of nitrogens with one attached hydrogen (secondary N) is 2. The minimum absolute atomic E-state index is 0.0212. The van der Waals surface area contributed by atoms with E-state index in [0.717, 1.165) is 0 Å². The lowest BCUT2D eigenvalue weighted by Gasteiger charge is -2.17. The third-order valence-corrected chi connectivity index (χ3v) is 2.90. The van der Waals surface area contributed by atoms with Crippen LogP contribution in [0.5, 0.6) is 5.75 Å². The van der Waals surface area contributed by atoms with Gasteiger partial charge in [-0.05, 0) is 36.4 Å². The van der Waals surface area contributed by atoms with Crippen LogP contribution in [0.25, 0.3) is 0 Å². The van der Waals surface area contributed by atoms with E-state index >= 15 is 0 Å². The molecule has 0 bridgehead atoms. The Hall–Kier alpha value is -2.41. The highest BCUT2D eigenvalue weighted by atomic mass is 35.5. The molecule has 0 saturated carbocycles. The molecule has 0 atom stereocenters. The van der Waals surface area contributed by atoms with Crippen molar-refractivity contribution in [2.45, 2.75) is 6.11 Å². The molecular formula is C15H12ClF3N2O2. The Morgan fingerprint density at radius 1 is 1.09 bits per heavy atom. The lowest BCUT2D eigenvalue weighted by atomic mass is 10.3. The van der Waals surface area contributed by atoms with Crippen molar-refractivity contribution >= 4 is 29.0 Å². The first-order valence-electron chi connectivity index (χ1n) is 6.45. The van der Waals surface area contributed by atoms with E-state index in [-0.39, 0.29) is 11.4 Å². The van der Waals surface area contributed by atoms with Crippen molar-refractivity contribution in [2.24, 2.45) is 0 Å². The SMILES string of the molecule is O=C(Nc1ccc(Cl)cc1)Nc1ccccc1OC(F)(F)CF. The van der Waals surface area contributed by atoms with Gasteiger partial charge in [0.15, 0.2) is 6.67 Å². The van der Waals surface area contributed by atoms with Gasteiger partial charge in [0, 0.05) is 10.7 Å². The van der Waals surface area contributed by atoms with Crippen LogP contribution < -0.4 is 15.4 Å². The molecule has 0 aliphatic rings. The molecule has 23 heavy (non-hydrogen) atoms. The molecule has 2 aromatic rings. The van der Waals surface area contributed by atoms with Crippen LogP contribution in [0.3, 0.4) is 0 Å². The highest BCUT2D eigenvalue weighted by molar-refractivity contribution is 6.30. The summed E-state index contributed by atoms with van der Waals surface area (Å²) in [5, 5.41) is 5.36. The first-order chi connectivity index (χ1) is 10.9. The van der Waals surface area contributed by atoms with Crippen LogP contribution in [0.4, 0.5) is 29.3 Å². The van der Waals surface area contributed by atoms with Crippen molar-refractivity contribution in [3.8, 4) is 5.75 Å². The van der Waals surface area contributed by atoms with Crippen molar-refractivity contribution in [3.63, 3.8) is 0 Å². The maximum atomic E-state index is 13.0. The average molecular weight is 345 g/mol. The van der Waals surface area contributed by atoms with Crippen molar-refractivity contribution in [2.75, 3.05) is 17.3 Å². The lowest BCUT2D eigenvalue weighted by molar-refractivity contribution is -0.186. The van der Waals surface area contributed by atoms with Crippen LogP contribution >= 0.6 is 11.6 Å². The summed E-state index contributed by atoms with van der Waals surface area (Å²) in [7, 11) is 0. The summed E-state index contributed by atoms with van der Waals surface area (Å²) in [6.45, 7) is -1.97. The number of alkyl halides is 3. The molecule has 4 nitrogen and oxygen atoms in total. The Kier molecular flexibility index (Phi) is 5.33. The lowest BCUT2D eigenvalue weighted by Crippen LogP contribution is -2.28. The van der Waals surface area contributed by atoms with Gasteiger partial charge >= 0.3 is 12.1 Å². The highest BCUT2D eigenvalue weighted by Crippen LogP contribution is 2.29. The van der Waals surface area contributed by atoms with Crippen LogP contribution in [-0.2, 0) is 0 Å². The van der Waals surface area contributed by atoms with Crippen molar-refractivity contribution in [3.05, 3.63) is 53.6 Å². The highest BCUT2D eigenvalue weighted by Gasteiger charge is 2.32. The predicted octanol–water partition coefficient (Wildman–Crippen LogP) is 4.93. The largest absolute Gasteiger partial charge is 0.428 e. The third kappa shape index (κ3) is 5.07. The molecule has 2 amide bonds. The van der Waals surface area contributed by atoms with E-state index in [1.54, 1.807) is 24.3 Å². The number of rotatable bonds is 5. The minimum atomic E-state index is -3.97. The van der Waals surface area contributed by atoms with Crippen LogP contribution in [0.1, 0.15) is 0 Å². The molecule has 0 aromatic heterocycles. The summed E-state index contributed by atoms with van der Waals surface area (Å²) >= 11 is 5.73. The van der Waals surface area contributed by atoms with Crippen molar-refractivity contribution < 1.29 is 22.7 Å². The van der Waals surface area contributed by atoms with Gasteiger partial charge in [0.05, 0.1) is 5.69 Å². The number of halogens is 4. The van der Waals surface area contributed by atoms with E-state index < -0.39 is 18.8 Å². The first kappa shape index (κ1) is 17.0. The number of amides is 2. The van der Waals surface area contributed by atoms with E-state index in [4.69, 9.17) is 11.6 Å². The molecular weight excluding hydrogens is 333 g/mol. The normalized spacial score (nSPS) is 11.0. The zero-order valence-corrected chi connectivity index (χ0v) is 12.4. The monoisotopic (exact) mass is 344 g/mol. The van der Waals surface area contributed by atoms with Gasteiger partial charge in [0.2, 0.25) is 0 Å². The summed E-state index contributed by atoms with van der Waals surface area (Å²) < 4.78 is 42.5. The minimum Gasteiger partial charge on any atom is -0.428 e. The molecule has 8 heteroatoms. The fraction of sp³-hybridized carbons (Fsp3) is 0.133. The number of hydrogen-bond acceptors (Lipinski definition) is 2. The number of carbonyl (C=O) groups excluding carboxylic acids is 1. The van der Waals surface area contributed by atoms with Crippen molar-refractivity contribution in [1.82, 2.24) is 0 Å². The molecule has 0 unspecified atom stereocenters. The second-order valence-corrected chi connectivity index (χ2v) is 4.89. The molecule has 122 valence electrons. The molecule has 0 spiro atoms. The maximum absolute atomic E-state index is 13.0. The van der Waals surface area contributed by atoms with Crippen molar-refractivity contribution in [1.29, 1.82) is 0 Å². The Morgan fingerprint density at radius 2 is 1.74 bits per heavy atom. The summed E-state index contributed by atoms with van der Waals surface area (Å²) in [6.07, 6.45) is -3.97. The van der Waals surface area contributed by atoms with Gasteiger partial charge in [0.25, 0.3) is 0 Å². The van der Waals surface area contributed by atoms with E-state index in [0.29, 0.717) is 10.7 Å². The molecule has 0 radical (unpaired) electrons. The number of anilines is 2. The topological polar surface area (TPSA) is 50.4 Å². The fourth-order valence-electron chi connectivity index (χ4n) is 1.66. The van der Waals surface area contributed by atoms with E-state index in [9.17, 15) is 18.0 Å². The van der Waals surface area contributed by atoms with Gasteiger partial charge in [0.1, 0.15) is 5.75 Å². The zero-order valence-electron chi connectivity index (χ0n) is 11.7. The Bertz CT molecular complexity index is 681. The second kappa shape index (κ2) is 7.23. The van der Waals surface area contributed by atoms with E-state index in [1.807, 2.05) is 0 Å². The first-order valence-corrected chi connectivity index (χ1v) is 6.83. The van der Waals surface area contributed by atoms with Crippen LogP contribution in [-0.4, -0.2) is 18.8 Å². The van der Waals surface area contributed by atoms with Gasteiger partial charge in [-0.15, -0.1) is 0 Å². The number of benzene rings is 2. The Balaban J connectivity index is 2.07. The summed E-state index contributed by atoms with van der Waals surface area (Å²) in [4.78, 5) is 11.9. The molecule has 2 aromatic carbocycles. The van der Waals surface area contributed by atoms with Gasteiger partial charge in [-0.1, -0.05) is 23.7 Å². The van der Waals surface area contributed by atoms with Crippen LogP contribution in [0, 0.1) is 0 Å². The second-order valence-electron chi connectivity index (χ2n) is 4.46. The van der Waals surface area contributed by atoms with E-state index in [2.05, 4.69) is 15.4 Å². The standard InChI is InChI=1S/C15H12ClF3N2O2/c16-10-5-7-11(8-6-10)20-14(22)21-12-3-1-2-4-13(12)23-15(18,19)9-17/h1-8H,9H2,(H2,20,21,22). The molecule has 0 fully saturated rings. The average Bonchev–Trinajstić information content (AvgIpc) is 2.51. The predicted molar refractivity (Wildman–Crippen MR) is 82.1 cm³/mol. The van der Waals surface area contributed by atoms with E-state index in [1.165, 1.54) is 24.3 Å². The number of hydrogen-bond donors (Lipinski definition) is 2. The third-order valence-electron chi connectivity index (χ3n) is 2.65. The number of urea groups is 1. The maximum Gasteiger partial charge on any atom is 0.427 e. The number of carbonyl (C=O) groups is 1. The molecule has 0 aliphatic heterocycles. The fourth-order valence-corrected chi connectivity index (χ4v) is 1.79.